The number of hydrogen-bond donors (Lipinski definition) is 4. The van der Waals surface area contributed by atoms with Crippen LogP contribution in [0.5, 0.6) is 0 Å². The number of non-ortho nitro benzene ring substituents is 1. The number of nitrogens with one attached hydrogen (secondary N) is 4. The van der Waals surface area contributed by atoms with Crippen LogP contribution in [-0.2, 0) is 0 Å². The van der Waals surface area contributed by atoms with Crippen LogP contribution < -0.4 is 21.5 Å². The Bertz CT molecular complexity index is 1440. The second-order valence-corrected chi connectivity index (χ2v) is 7.50. The number of aromatic amines is 1. The standard InChI is InChI=1S/C22H17ClN6O4/c1-12-2-3-15(10-16(12)23)28-22(31)27-14-6-4-13(5-7-14)26-17-8-9-18(29(32)33)20-19(17)21(30)25-11-24-20/h2-11,26H,1H3,(H,24,25,30)(H2,27,28,31). The first kappa shape index (κ1) is 21.8. The number of nitrogens with zero attached hydrogens (tertiary/aromatic N) is 2. The van der Waals surface area contributed by atoms with Crippen molar-refractivity contribution in [2.45, 2.75) is 6.92 Å². The summed E-state index contributed by atoms with van der Waals surface area (Å²) in [6, 6.07) is 14.2. The van der Waals surface area contributed by atoms with E-state index >= 15 is 0 Å². The van der Waals surface area contributed by atoms with Crippen LogP contribution in [-0.4, -0.2) is 20.9 Å². The monoisotopic (exact) mass is 464 g/mol. The Morgan fingerprint density at radius 3 is 2.39 bits per heavy atom. The summed E-state index contributed by atoms with van der Waals surface area (Å²) in [6.07, 6.45) is 1.12. The summed E-state index contributed by atoms with van der Waals surface area (Å²) < 4.78 is 0. The highest BCUT2D eigenvalue weighted by atomic mass is 35.5. The third kappa shape index (κ3) is 4.75. The van der Waals surface area contributed by atoms with E-state index in [2.05, 4.69) is 25.9 Å². The minimum absolute atomic E-state index is 0.0140. The largest absolute Gasteiger partial charge is 0.355 e. The SMILES string of the molecule is Cc1ccc(NC(=O)Nc2ccc(Nc3ccc([N+](=O)[O-])c4nc[nH]c(=O)c34)cc2)cc1Cl. The minimum atomic E-state index is -0.589. The van der Waals surface area contributed by atoms with Gasteiger partial charge in [0.15, 0.2) is 5.52 Å². The zero-order valence-electron chi connectivity index (χ0n) is 17.2. The van der Waals surface area contributed by atoms with Gasteiger partial charge in [0.25, 0.3) is 11.2 Å². The first-order valence-corrected chi connectivity index (χ1v) is 10.1. The highest BCUT2D eigenvalue weighted by Gasteiger charge is 2.18. The molecule has 0 atom stereocenters. The molecular weight excluding hydrogens is 448 g/mol. The molecule has 0 fully saturated rings. The van der Waals surface area contributed by atoms with E-state index in [0.717, 1.165) is 11.9 Å². The van der Waals surface area contributed by atoms with Crippen LogP contribution in [0.1, 0.15) is 5.56 Å². The van der Waals surface area contributed by atoms with Crippen LogP contribution in [0.4, 0.5) is 33.2 Å². The average molecular weight is 465 g/mol. The molecule has 0 aliphatic rings. The Hall–Kier alpha value is -4.44. The number of carbonyl (C=O) groups is 1. The molecule has 0 aliphatic carbocycles. The van der Waals surface area contributed by atoms with Crippen molar-refractivity contribution in [2.24, 2.45) is 0 Å². The fourth-order valence-corrected chi connectivity index (χ4v) is 3.36. The number of nitro benzene ring substituents is 1. The molecule has 2 amide bonds. The van der Waals surface area contributed by atoms with E-state index in [1.54, 1.807) is 42.5 Å². The van der Waals surface area contributed by atoms with E-state index in [-0.39, 0.29) is 16.6 Å². The third-order valence-electron chi connectivity index (χ3n) is 4.82. The Labute approximate surface area is 191 Å². The summed E-state index contributed by atoms with van der Waals surface area (Å²) in [5, 5.41) is 20.4. The molecule has 0 radical (unpaired) electrons. The molecule has 0 unspecified atom stereocenters. The summed E-state index contributed by atoms with van der Waals surface area (Å²) in [5.41, 5.74) is 2.18. The van der Waals surface area contributed by atoms with E-state index in [9.17, 15) is 19.7 Å². The Kier molecular flexibility index (Phi) is 5.92. The lowest BCUT2D eigenvalue weighted by Gasteiger charge is -2.11. The van der Waals surface area contributed by atoms with Crippen molar-refractivity contribution in [2.75, 3.05) is 16.0 Å². The molecule has 4 N–H and O–H groups in total. The van der Waals surface area contributed by atoms with Crippen molar-refractivity contribution in [1.29, 1.82) is 0 Å². The fourth-order valence-electron chi connectivity index (χ4n) is 3.18. The molecule has 166 valence electrons. The number of anilines is 4. The smallest absolute Gasteiger partial charge is 0.323 e. The predicted molar refractivity (Wildman–Crippen MR) is 128 cm³/mol. The van der Waals surface area contributed by atoms with Crippen LogP contribution in [0.2, 0.25) is 5.02 Å². The quantitative estimate of drug-likeness (QED) is 0.237. The molecule has 10 nitrogen and oxygen atoms in total. The molecule has 1 heterocycles. The summed E-state index contributed by atoms with van der Waals surface area (Å²) in [5.74, 6) is 0. The number of nitro groups is 1. The van der Waals surface area contributed by atoms with Gasteiger partial charge in [-0.05, 0) is 55.0 Å². The van der Waals surface area contributed by atoms with Crippen molar-refractivity contribution in [3.05, 3.63) is 92.0 Å². The van der Waals surface area contributed by atoms with Gasteiger partial charge in [0.1, 0.15) is 0 Å². The van der Waals surface area contributed by atoms with Crippen molar-refractivity contribution < 1.29 is 9.72 Å². The van der Waals surface area contributed by atoms with Crippen molar-refractivity contribution in [3.63, 3.8) is 0 Å². The number of rotatable bonds is 5. The van der Waals surface area contributed by atoms with Gasteiger partial charge in [-0.2, -0.15) is 0 Å². The number of carbonyl (C=O) groups excluding carboxylic acids is 1. The fraction of sp³-hybridized carbons (Fsp3) is 0.0455. The Morgan fingerprint density at radius 1 is 1.03 bits per heavy atom. The van der Waals surface area contributed by atoms with Gasteiger partial charge in [-0.3, -0.25) is 14.9 Å². The zero-order valence-corrected chi connectivity index (χ0v) is 17.9. The molecule has 0 saturated carbocycles. The molecule has 11 heteroatoms. The maximum absolute atomic E-state index is 12.3. The normalized spacial score (nSPS) is 10.6. The van der Waals surface area contributed by atoms with Gasteiger partial charge in [0.05, 0.1) is 22.3 Å². The predicted octanol–water partition coefficient (Wildman–Crippen LogP) is 5.18. The molecular formula is C22H17ClN6O4. The lowest BCUT2D eigenvalue weighted by molar-refractivity contribution is -0.383. The van der Waals surface area contributed by atoms with E-state index in [1.807, 2.05) is 6.92 Å². The highest BCUT2D eigenvalue weighted by molar-refractivity contribution is 6.31. The summed E-state index contributed by atoms with van der Waals surface area (Å²) in [6.45, 7) is 1.87. The zero-order chi connectivity index (χ0) is 23.5. The minimum Gasteiger partial charge on any atom is -0.355 e. The number of halogens is 1. The first-order valence-electron chi connectivity index (χ1n) is 9.68. The molecule has 4 aromatic rings. The van der Waals surface area contributed by atoms with Crippen molar-refractivity contribution in [1.82, 2.24) is 9.97 Å². The molecule has 0 bridgehead atoms. The number of aromatic nitrogens is 2. The van der Waals surface area contributed by atoms with Crippen LogP contribution in [0.25, 0.3) is 10.9 Å². The molecule has 33 heavy (non-hydrogen) atoms. The van der Waals surface area contributed by atoms with E-state index in [0.29, 0.717) is 27.8 Å². The maximum atomic E-state index is 12.3. The second kappa shape index (κ2) is 8.97. The van der Waals surface area contributed by atoms with Gasteiger partial charge < -0.3 is 20.9 Å². The number of aryl methyl sites for hydroxylation is 1. The number of hydrogen-bond acceptors (Lipinski definition) is 6. The van der Waals surface area contributed by atoms with Crippen molar-refractivity contribution >= 4 is 57.0 Å². The van der Waals surface area contributed by atoms with Crippen LogP contribution in [0.3, 0.4) is 0 Å². The van der Waals surface area contributed by atoms with E-state index < -0.39 is 16.5 Å². The number of urea groups is 1. The maximum Gasteiger partial charge on any atom is 0.323 e. The van der Waals surface area contributed by atoms with E-state index in [1.165, 1.54) is 12.1 Å². The highest BCUT2D eigenvalue weighted by Crippen LogP contribution is 2.29. The number of benzene rings is 3. The molecule has 0 spiro atoms. The van der Waals surface area contributed by atoms with Crippen molar-refractivity contribution in [3.8, 4) is 0 Å². The topological polar surface area (TPSA) is 142 Å². The number of amides is 2. The number of fused-ring (bicyclic) bond motifs is 1. The van der Waals surface area contributed by atoms with Crippen LogP contribution in [0.15, 0.2) is 65.7 Å². The summed E-state index contributed by atoms with van der Waals surface area (Å²) in [7, 11) is 0. The molecule has 1 aromatic heterocycles. The summed E-state index contributed by atoms with van der Waals surface area (Å²) >= 11 is 6.07. The molecule has 0 saturated heterocycles. The van der Waals surface area contributed by atoms with Gasteiger partial charge in [-0.1, -0.05) is 17.7 Å². The van der Waals surface area contributed by atoms with Gasteiger partial charge >= 0.3 is 6.03 Å². The summed E-state index contributed by atoms with van der Waals surface area (Å²) in [4.78, 5) is 41.6. The van der Waals surface area contributed by atoms with Gasteiger partial charge in [-0.15, -0.1) is 0 Å². The van der Waals surface area contributed by atoms with Crippen LogP contribution in [0, 0.1) is 17.0 Å². The Balaban J connectivity index is 1.50. The lowest BCUT2D eigenvalue weighted by Crippen LogP contribution is -2.19. The molecule has 0 aliphatic heterocycles. The van der Waals surface area contributed by atoms with Crippen LogP contribution >= 0.6 is 11.6 Å². The third-order valence-corrected chi connectivity index (χ3v) is 5.23. The molecule has 3 aromatic carbocycles. The van der Waals surface area contributed by atoms with Gasteiger partial charge in [0, 0.05) is 28.2 Å². The molecule has 4 rings (SSSR count). The first-order chi connectivity index (χ1) is 15.8. The number of H-pyrrole nitrogens is 1. The second-order valence-electron chi connectivity index (χ2n) is 7.09. The Morgan fingerprint density at radius 2 is 1.70 bits per heavy atom. The van der Waals surface area contributed by atoms with E-state index in [4.69, 9.17) is 11.6 Å². The lowest BCUT2D eigenvalue weighted by atomic mass is 10.1. The van der Waals surface area contributed by atoms with Gasteiger partial charge in [0.2, 0.25) is 0 Å². The van der Waals surface area contributed by atoms with Gasteiger partial charge in [-0.25, -0.2) is 9.78 Å². The average Bonchev–Trinajstić information content (AvgIpc) is 2.77.